The highest BCUT2D eigenvalue weighted by atomic mass is 16.5. The Labute approximate surface area is 103 Å². The Balaban J connectivity index is 2.42. The summed E-state index contributed by atoms with van der Waals surface area (Å²) in [5, 5.41) is 0. The molecule has 0 saturated heterocycles. The molecule has 0 fully saturated rings. The SMILES string of the molecule is C=CC(=O)CCCc1cccc(OCCC)c1. The number of aryl methyl sites for hydroxylation is 1. The highest BCUT2D eigenvalue weighted by Gasteiger charge is 1.99. The summed E-state index contributed by atoms with van der Waals surface area (Å²) in [5.74, 6) is 1.03. The van der Waals surface area contributed by atoms with E-state index in [1.54, 1.807) is 0 Å². The smallest absolute Gasteiger partial charge is 0.155 e. The lowest BCUT2D eigenvalue weighted by Gasteiger charge is -2.06. The van der Waals surface area contributed by atoms with Crippen molar-refractivity contribution < 1.29 is 9.53 Å². The van der Waals surface area contributed by atoms with Gasteiger partial charge in [0.2, 0.25) is 0 Å². The lowest BCUT2D eigenvalue weighted by Crippen LogP contribution is -1.97. The van der Waals surface area contributed by atoms with Gasteiger partial charge in [0.25, 0.3) is 0 Å². The third-order valence-corrected chi connectivity index (χ3v) is 2.49. The quantitative estimate of drug-likeness (QED) is 0.641. The van der Waals surface area contributed by atoms with E-state index in [9.17, 15) is 4.79 Å². The van der Waals surface area contributed by atoms with Crippen LogP contribution >= 0.6 is 0 Å². The molecule has 92 valence electrons. The standard InChI is InChI=1S/C15H20O2/c1-3-11-17-15-10-6-8-13(12-15)7-5-9-14(16)4-2/h4,6,8,10,12H,2-3,5,7,9,11H2,1H3. The van der Waals surface area contributed by atoms with Gasteiger partial charge in [-0.15, -0.1) is 0 Å². The maximum atomic E-state index is 11.1. The predicted molar refractivity (Wildman–Crippen MR) is 70.4 cm³/mol. The minimum Gasteiger partial charge on any atom is -0.494 e. The molecule has 0 spiro atoms. The second-order valence-corrected chi connectivity index (χ2v) is 4.02. The summed E-state index contributed by atoms with van der Waals surface area (Å²) < 4.78 is 5.56. The van der Waals surface area contributed by atoms with Crippen molar-refractivity contribution in [2.24, 2.45) is 0 Å². The molecule has 0 atom stereocenters. The van der Waals surface area contributed by atoms with Gasteiger partial charge in [-0.05, 0) is 43.0 Å². The first-order valence-corrected chi connectivity index (χ1v) is 6.13. The number of allylic oxidation sites excluding steroid dienone is 1. The Kier molecular flexibility index (Phi) is 6.08. The van der Waals surface area contributed by atoms with E-state index in [1.165, 1.54) is 11.6 Å². The van der Waals surface area contributed by atoms with Crippen LogP contribution < -0.4 is 4.74 Å². The van der Waals surface area contributed by atoms with Gasteiger partial charge in [-0.25, -0.2) is 0 Å². The maximum Gasteiger partial charge on any atom is 0.155 e. The summed E-state index contributed by atoms with van der Waals surface area (Å²) in [6.07, 6.45) is 4.74. The largest absolute Gasteiger partial charge is 0.494 e. The Morgan fingerprint density at radius 2 is 2.29 bits per heavy atom. The average molecular weight is 232 g/mol. The zero-order valence-corrected chi connectivity index (χ0v) is 10.4. The second-order valence-electron chi connectivity index (χ2n) is 4.02. The topological polar surface area (TPSA) is 26.3 Å². The molecular weight excluding hydrogens is 212 g/mol. The molecule has 2 heteroatoms. The highest BCUT2D eigenvalue weighted by molar-refractivity contribution is 5.88. The molecule has 0 saturated carbocycles. The van der Waals surface area contributed by atoms with E-state index in [4.69, 9.17) is 4.74 Å². The lowest BCUT2D eigenvalue weighted by atomic mass is 10.1. The Morgan fingerprint density at radius 1 is 1.47 bits per heavy atom. The number of hydrogen-bond acceptors (Lipinski definition) is 2. The molecule has 0 N–H and O–H groups in total. The molecule has 0 aromatic heterocycles. The van der Waals surface area contributed by atoms with E-state index in [0.29, 0.717) is 6.42 Å². The molecule has 17 heavy (non-hydrogen) atoms. The van der Waals surface area contributed by atoms with Crippen molar-refractivity contribution in [2.45, 2.75) is 32.6 Å². The number of rotatable bonds is 8. The monoisotopic (exact) mass is 232 g/mol. The molecule has 1 rings (SSSR count). The van der Waals surface area contributed by atoms with E-state index >= 15 is 0 Å². The Hall–Kier alpha value is -1.57. The molecule has 0 aliphatic rings. The minimum atomic E-state index is 0.114. The zero-order valence-electron chi connectivity index (χ0n) is 10.4. The van der Waals surface area contributed by atoms with E-state index in [2.05, 4.69) is 19.6 Å². The van der Waals surface area contributed by atoms with Crippen molar-refractivity contribution in [1.29, 1.82) is 0 Å². The van der Waals surface area contributed by atoms with Crippen molar-refractivity contribution in [3.63, 3.8) is 0 Å². The van der Waals surface area contributed by atoms with Crippen molar-refractivity contribution >= 4 is 5.78 Å². The molecule has 0 aliphatic heterocycles. The Bertz CT molecular complexity index is 369. The normalized spacial score (nSPS) is 9.94. The van der Waals surface area contributed by atoms with Crippen molar-refractivity contribution in [3.8, 4) is 5.75 Å². The molecule has 0 radical (unpaired) electrons. The van der Waals surface area contributed by atoms with Crippen LogP contribution in [-0.2, 0) is 11.2 Å². The van der Waals surface area contributed by atoms with E-state index < -0.39 is 0 Å². The molecule has 0 aliphatic carbocycles. The van der Waals surface area contributed by atoms with Crippen molar-refractivity contribution in [1.82, 2.24) is 0 Å². The molecule has 0 bridgehead atoms. The molecule has 2 nitrogen and oxygen atoms in total. The zero-order chi connectivity index (χ0) is 12.5. The Morgan fingerprint density at radius 3 is 3.00 bits per heavy atom. The summed E-state index contributed by atoms with van der Waals surface area (Å²) in [7, 11) is 0. The fraction of sp³-hybridized carbons (Fsp3) is 0.400. The third kappa shape index (κ3) is 5.34. The van der Waals surface area contributed by atoms with Gasteiger partial charge in [0.15, 0.2) is 5.78 Å². The molecule has 0 heterocycles. The van der Waals surface area contributed by atoms with E-state index in [-0.39, 0.29) is 5.78 Å². The van der Waals surface area contributed by atoms with Gasteiger partial charge in [-0.3, -0.25) is 4.79 Å². The molecular formula is C15H20O2. The van der Waals surface area contributed by atoms with Gasteiger partial charge in [-0.2, -0.15) is 0 Å². The first-order chi connectivity index (χ1) is 8.26. The fourth-order valence-electron chi connectivity index (χ4n) is 1.58. The summed E-state index contributed by atoms with van der Waals surface area (Å²) in [6, 6.07) is 8.08. The van der Waals surface area contributed by atoms with Crippen LogP contribution in [0.15, 0.2) is 36.9 Å². The van der Waals surface area contributed by atoms with Crippen LogP contribution in [0.5, 0.6) is 5.75 Å². The molecule has 0 amide bonds. The summed E-state index contributed by atoms with van der Waals surface area (Å²) in [5.41, 5.74) is 1.22. The van der Waals surface area contributed by atoms with Crippen molar-refractivity contribution in [2.75, 3.05) is 6.61 Å². The minimum absolute atomic E-state index is 0.114. The first-order valence-electron chi connectivity index (χ1n) is 6.13. The second kappa shape index (κ2) is 7.66. The van der Waals surface area contributed by atoms with E-state index in [0.717, 1.165) is 31.6 Å². The van der Waals surface area contributed by atoms with Gasteiger partial charge in [0, 0.05) is 6.42 Å². The summed E-state index contributed by atoms with van der Waals surface area (Å²) in [6.45, 7) is 6.30. The highest BCUT2D eigenvalue weighted by Crippen LogP contribution is 2.15. The number of ketones is 1. The van der Waals surface area contributed by atoms with Crippen LogP contribution in [0.2, 0.25) is 0 Å². The molecule has 1 aromatic carbocycles. The lowest BCUT2D eigenvalue weighted by molar-refractivity contribution is -0.114. The number of benzene rings is 1. The predicted octanol–water partition coefficient (Wildman–Crippen LogP) is 3.55. The first kappa shape index (κ1) is 13.5. The molecule has 0 unspecified atom stereocenters. The van der Waals surface area contributed by atoms with Crippen LogP contribution in [0.3, 0.4) is 0 Å². The van der Waals surface area contributed by atoms with Crippen molar-refractivity contribution in [3.05, 3.63) is 42.5 Å². The maximum absolute atomic E-state index is 11.1. The average Bonchev–Trinajstić information content (AvgIpc) is 2.36. The van der Waals surface area contributed by atoms with Crippen LogP contribution in [0, 0.1) is 0 Å². The fourth-order valence-corrected chi connectivity index (χ4v) is 1.58. The van der Waals surface area contributed by atoms with Crippen LogP contribution in [-0.4, -0.2) is 12.4 Å². The number of ether oxygens (including phenoxy) is 1. The van der Waals surface area contributed by atoms with Crippen LogP contribution in [0.25, 0.3) is 0 Å². The van der Waals surface area contributed by atoms with Gasteiger partial charge in [0.1, 0.15) is 5.75 Å². The van der Waals surface area contributed by atoms with Gasteiger partial charge >= 0.3 is 0 Å². The third-order valence-electron chi connectivity index (χ3n) is 2.49. The van der Waals surface area contributed by atoms with Gasteiger partial charge < -0.3 is 4.74 Å². The van der Waals surface area contributed by atoms with Gasteiger partial charge in [-0.1, -0.05) is 25.6 Å². The number of carbonyl (C=O) groups is 1. The number of carbonyl (C=O) groups excluding carboxylic acids is 1. The number of hydrogen-bond donors (Lipinski definition) is 0. The van der Waals surface area contributed by atoms with Crippen LogP contribution in [0.4, 0.5) is 0 Å². The molecule has 1 aromatic rings. The van der Waals surface area contributed by atoms with Crippen LogP contribution in [0.1, 0.15) is 31.7 Å². The summed E-state index contributed by atoms with van der Waals surface area (Å²) >= 11 is 0. The summed E-state index contributed by atoms with van der Waals surface area (Å²) in [4.78, 5) is 11.1. The van der Waals surface area contributed by atoms with Gasteiger partial charge in [0.05, 0.1) is 6.61 Å². The van der Waals surface area contributed by atoms with E-state index in [1.807, 2.05) is 18.2 Å².